The van der Waals surface area contributed by atoms with Crippen LogP contribution in [0.4, 0.5) is 14.9 Å². The number of halogens is 1. The van der Waals surface area contributed by atoms with Gasteiger partial charge in [-0.3, -0.25) is 0 Å². The number of anilines is 1. The number of carbonyl (C=O) groups excluding carboxylic acids is 1. The third-order valence-corrected chi connectivity index (χ3v) is 4.85. The van der Waals surface area contributed by atoms with Gasteiger partial charge in [0.05, 0.1) is 12.8 Å². The molecule has 2 N–H and O–H groups in total. The van der Waals surface area contributed by atoms with Crippen LogP contribution in [0, 0.1) is 5.82 Å². The molecule has 26 heavy (non-hydrogen) atoms. The maximum atomic E-state index is 13.3. The summed E-state index contributed by atoms with van der Waals surface area (Å²) in [4.78, 5) is 12.4. The molecular weight excluding hydrogens is 335 g/mol. The summed E-state index contributed by atoms with van der Waals surface area (Å²) >= 11 is 0. The summed E-state index contributed by atoms with van der Waals surface area (Å²) < 4.78 is 24.0. The molecule has 2 amide bonds. The van der Waals surface area contributed by atoms with E-state index in [0.29, 0.717) is 31.2 Å². The zero-order valence-corrected chi connectivity index (χ0v) is 14.8. The highest BCUT2D eigenvalue weighted by atomic mass is 19.1. The van der Waals surface area contributed by atoms with Gasteiger partial charge in [0.25, 0.3) is 0 Å². The summed E-state index contributed by atoms with van der Waals surface area (Å²) in [6.07, 6.45) is 1.54. The highest BCUT2D eigenvalue weighted by Gasteiger charge is 2.35. The van der Waals surface area contributed by atoms with Gasteiger partial charge in [-0.15, -0.1) is 0 Å². The minimum atomic E-state index is -0.303. The molecule has 6 heteroatoms. The Labute approximate surface area is 152 Å². The second-order valence-electron chi connectivity index (χ2n) is 6.41. The predicted octanol–water partition coefficient (Wildman–Crippen LogP) is 3.70. The smallest absolute Gasteiger partial charge is 0.319 e. The van der Waals surface area contributed by atoms with Crippen LogP contribution in [0.2, 0.25) is 0 Å². The quantitative estimate of drug-likeness (QED) is 0.857. The van der Waals surface area contributed by atoms with Crippen LogP contribution in [0.5, 0.6) is 5.75 Å². The molecule has 2 aromatic carbocycles. The van der Waals surface area contributed by atoms with Gasteiger partial charge in [-0.1, -0.05) is 24.3 Å². The van der Waals surface area contributed by atoms with E-state index in [-0.39, 0.29) is 17.3 Å². The van der Waals surface area contributed by atoms with Crippen molar-refractivity contribution < 1.29 is 18.7 Å². The SMILES string of the molecule is COc1ccccc1NC(=O)NCC1(c2ccc(F)cc2)CCOCC1. The number of carbonyl (C=O) groups is 1. The molecule has 3 rings (SSSR count). The number of hydrogen-bond acceptors (Lipinski definition) is 3. The van der Waals surface area contributed by atoms with Gasteiger partial charge in [-0.25, -0.2) is 9.18 Å². The monoisotopic (exact) mass is 358 g/mol. The zero-order valence-electron chi connectivity index (χ0n) is 14.8. The lowest BCUT2D eigenvalue weighted by Gasteiger charge is -2.38. The van der Waals surface area contributed by atoms with Crippen LogP contribution in [0.15, 0.2) is 48.5 Å². The molecule has 138 valence electrons. The van der Waals surface area contributed by atoms with Crippen LogP contribution in [0.3, 0.4) is 0 Å². The summed E-state index contributed by atoms with van der Waals surface area (Å²) in [6, 6.07) is 13.4. The van der Waals surface area contributed by atoms with E-state index >= 15 is 0 Å². The summed E-state index contributed by atoms with van der Waals surface area (Å²) in [6.45, 7) is 1.68. The van der Waals surface area contributed by atoms with Crippen molar-refractivity contribution in [3.8, 4) is 5.75 Å². The second kappa shape index (κ2) is 8.19. The number of benzene rings is 2. The Morgan fingerprint density at radius 1 is 1.15 bits per heavy atom. The molecule has 1 heterocycles. The van der Waals surface area contributed by atoms with Gasteiger partial charge in [0.15, 0.2) is 0 Å². The summed E-state index contributed by atoms with van der Waals surface area (Å²) in [5, 5.41) is 5.76. The third kappa shape index (κ3) is 4.14. The molecule has 0 unspecified atom stereocenters. The normalized spacial score (nSPS) is 15.9. The highest BCUT2D eigenvalue weighted by Crippen LogP contribution is 2.34. The lowest BCUT2D eigenvalue weighted by Crippen LogP contribution is -2.45. The molecule has 1 fully saturated rings. The molecule has 0 aromatic heterocycles. The first-order valence-corrected chi connectivity index (χ1v) is 8.65. The van der Waals surface area contributed by atoms with Crippen molar-refractivity contribution in [1.29, 1.82) is 0 Å². The van der Waals surface area contributed by atoms with Crippen molar-refractivity contribution in [3.63, 3.8) is 0 Å². The number of rotatable bonds is 5. The summed E-state index contributed by atoms with van der Waals surface area (Å²) in [7, 11) is 1.56. The standard InChI is InChI=1S/C20H23FN2O3/c1-25-18-5-3-2-4-17(18)23-19(24)22-14-20(10-12-26-13-11-20)15-6-8-16(21)9-7-15/h2-9H,10-14H2,1H3,(H2,22,23,24). The Balaban J connectivity index is 1.70. The van der Waals surface area contributed by atoms with Crippen molar-refractivity contribution in [2.24, 2.45) is 0 Å². The second-order valence-corrected chi connectivity index (χ2v) is 6.41. The fourth-order valence-corrected chi connectivity index (χ4v) is 3.30. The fourth-order valence-electron chi connectivity index (χ4n) is 3.30. The summed E-state index contributed by atoms with van der Waals surface area (Å²) in [5.41, 5.74) is 1.36. The third-order valence-electron chi connectivity index (χ3n) is 4.85. The molecule has 5 nitrogen and oxygen atoms in total. The van der Waals surface area contributed by atoms with Crippen LogP contribution in [-0.4, -0.2) is 32.9 Å². The van der Waals surface area contributed by atoms with Crippen molar-refractivity contribution in [2.45, 2.75) is 18.3 Å². The highest BCUT2D eigenvalue weighted by molar-refractivity contribution is 5.90. The maximum absolute atomic E-state index is 13.3. The lowest BCUT2D eigenvalue weighted by molar-refractivity contribution is 0.0508. The van der Waals surface area contributed by atoms with Crippen molar-refractivity contribution in [2.75, 3.05) is 32.2 Å². The molecule has 0 radical (unpaired) electrons. The first kappa shape index (κ1) is 18.2. The molecule has 1 aliphatic heterocycles. The van der Waals surface area contributed by atoms with Gasteiger partial charge in [0.2, 0.25) is 0 Å². The number of hydrogen-bond donors (Lipinski definition) is 2. The van der Waals surface area contributed by atoms with Crippen molar-refractivity contribution in [1.82, 2.24) is 5.32 Å². The van der Waals surface area contributed by atoms with Gasteiger partial charge in [0, 0.05) is 25.2 Å². The maximum Gasteiger partial charge on any atom is 0.319 e. The lowest BCUT2D eigenvalue weighted by atomic mass is 9.74. The van der Waals surface area contributed by atoms with Crippen LogP contribution < -0.4 is 15.4 Å². The number of urea groups is 1. The molecule has 0 spiro atoms. The van der Waals surface area contributed by atoms with E-state index < -0.39 is 0 Å². The Morgan fingerprint density at radius 2 is 1.85 bits per heavy atom. The van der Waals surface area contributed by atoms with E-state index in [1.54, 1.807) is 31.4 Å². The van der Waals surface area contributed by atoms with Gasteiger partial charge in [0.1, 0.15) is 11.6 Å². The van der Waals surface area contributed by atoms with Crippen LogP contribution >= 0.6 is 0 Å². The van der Waals surface area contributed by atoms with E-state index in [1.165, 1.54) is 12.1 Å². The molecule has 1 aliphatic rings. The van der Waals surface area contributed by atoms with E-state index in [0.717, 1.165) is 18.4 Å². The average Bonchev–Trinajstić information content (AvgIpc) is 2.68. The molecule has 0 aliphatic carbocycles. The van der Waals surface area contributed by atoms with Crippen LogP contribution in [0.25, 0.3) is 0 Å². The molecule has 0 atom stereocenters. The summed E-state index contributed by atoms with van der Waals surface area (Å²) in [5.74, 6) is 0.333. The number of ether oxygens (including phenoxy) is 2. The Hall–Kier alpha value is -2.60. The zero-order chi connectivity index (χ0) is 18.4. The minimum absolute atomic E-state index is 0.260. The van der Waals surface area contributed by atoms with Crippen LogP contribution in [-0.2, 0) is 10.2 Å². The van der Waals surface area contributed by atoms with E-state index in [4.69, 9.17) is 9.47 Å². The fraction of sp³-hybridized carbons (Fsp3) is 0.350. The van der Waals surface area contributed by atoms with E-state index in [9.17, 15) is 9.18 Å². The predicted molar refractivity (Wildman–Crippen MR) is 98.1 cm³/mol. The van der Waals surface area contributed by atoms with Gasteiger partial charge in [-0.2, -0.15) is 0 Å². The minimum Gasteiger partial charge on any atom is -0.495 e. The molecule has 0 saturated carbocycles. The van der Waals surface area contributed by atoms with Crippen LogP contribution in [0.1, 0.15) is 18.4 Å². The van der Waals surface area contributed by atoms with E-state index in [1.807, 2.05) is 12.1 Å². The van der Waals surface area contributed by atoms with Gasteiger partial charge in [-0.05, 0) is 42.7 Å². The number of nitrogens with one attached hydrogen (secondary N) is 2. The molecule has 2 aromatic rings. The largest absolute Gasteiger partial charge is 0.495 e. The first-order chi connectivity index (χ1) is 12.6. The number of para-hydroxylation sites is 2. The Kier molecular flexibility index (Phi) is 5.73. The number of amides is 2. The molecular formula is C20H23FN2O3. The Bertz CT molecular complexity index is 743. The van der Waals surface area contributed by atoms with Crippen molar-refractivity contribution >= 4 is 11.7 Å². The Morgan fingerprint density at radius 3 is 2.54 bits per heavy atom. The van der Waals surface area contributed by atoms with Gasteiger partial charge >= 0.3 is 6.03 Å². The van der Waals surface area contributed by atoms with Crippen molar-refractivity contribution in [3.05, 3.63) is 59.9 Å². The number of methoxy groups -OCH3 is 1. The first-order valence-electron chi connectivity index (χ1n) is 8.65. The average molecular weight is 358 g/mol. The topological polar surface area (TPSA) is 59.6 Å². The molecule has 0 bridgehead atoms. The van der Waals surface area contributed by atoms with E-state index in [2.05, 4.69) is 10.6 Å². The van der Waals surface area contributed by atoms with Gasteiger partial charge < -0.3 is 20.1 Å². The molecule has 1 saturated heterocycles.